The van der Waals surface area contributed by atoms with Crippen LogP contribution in [0.25, 0.3) is 11.6 Å². The van der Waals surface area contributed by atoms with Gasteiger partial charge in [0.1, 0.15) is 11.5 Å². The first-order valence-electron chi connectivity index (χ1n) is 6.16. The molecule has 0 N–H and O–H groups in total. The molecule has 96 valence electrons. The summed E-state index contributed by atoms with van der Waals surface area (Å²) in [6.45, 7) is 1.91. The molecule has 0 saturated heterocycles. The molecule has 0 bridgehead atoms. The number of halogens is 1. The molecule has 0 radical (unpaired) electrons. The molecule has 0 atom stereocenters. The Morgan fingerprint density at radius 2 is 2.21 bits per heavy atom. The van der Waals surface area contributed by atoms with Gasteiger partial charge in [-0.3, -0.25) is 0 Å². The van der Waals surface area contributed by atoms with Crippen LogP contribution in [-0.2, 0) is 0 Å². The number of hydrogen-bond donors (Lipinski definition) is 0. The van der Waals surface area contributed by atoms with E-state index >= 15 is 0 Å². The van der Waals surface area contributed by atoms with Gasteiger partial charge >= 0.3 is 0 Å². The van der Waals surface area contributed by atoms with Gasteiger partial charge in [0.2, 0.25) is 0 Å². The van der Waals surface area contributed by atoms with E-state index in [1.165, 1.54) is 19.2 Å². The van der Waals surface area contributed by atoms with E-state index in [4.69, 9.17) is 11.6 Å². The van der Waals surface area contributed by atoms with Gasteiger partial charge in [0.25, 0.3) is 5.78 Å². The molecule has 7 heteroatoms. The van der Waals surface area contributed by atoms with Crippen LogP contribution in [0, 0.1) is 6.92 Å². The Labute approximate surface area is 114 Å². The van der Waals surface area contributed by atoms with E-state index in [1.54, 1.807) is 9.20 Å². The summed E-state index contributed by atoms with van der Waals surface area (Å²) in [4.78, 5) is 8.27. The van der Waals surface area contributed by atoms with Crippen molar-refractivity contribution in [3.8, 4) is 5.82 Å². The molecule has 1 aliphatic carbocycles. The third kappa shape index (κ3) is 1.63. The van der Waals surface area contributed by atoms with Crippen LogP contribution in [0.4, 0.5) is 0 Å². The molecule has 3 aromatic heterocycles. The number of rotatable bonds is 2. The van der Waals surface area contributed by atoms with Gasteiger partial charge in [-0.15, -0.1) is 0 Å². The van der Waals surface area contributed by atoms with E-state index in [0.29, 0.717) is 16.8 Å². The topological polar surface area (TPSA) is 60.9 Å². The van der Waals surface area contributed by atoms with Crippen molar-refractivity contribution in [2.75, 3.05) is 0 Å². The molecule has 0 spiro atoms. The molecular weight excluding hydrogens is 264 g/mol. The maximum absolute atomic E-state index is 6.15. The highest BCUT2D eigenvalue weighted by atomic mass is 35.5. The van der Waals surface area contributed by atoms with Gasteiger partial charge in [-0.2, -0.15) is 24.7 Å². The van der Waals surface area contributed by atoms with E-state index in [0.717, 1.165) is 17.1 Å². The summed E-state index contributed by atoms with van der Waals surface area (Å²) in [5.41, 5.74) is 1.96. The Bertz CT molecular complexity index is 770. The van der Waals surface area contributed by atoms with Gasteiger partial charge < -0.3 is 0 Å². The largest absolute Gasteiger partial charge is 0.255 e. The molecule has 6 nitrogen and oxygen atoms in total. The molecule has 1 fully saturated rings. The van der Waals surface area contributed by atoms with Crippen LogP contribution in [0.15, 0.2) is 18.6 Å². The second-order valence-corrected chi connectivity index (χ2v) is 5.14. The van der Waals surface area contributed by atoms with Crippen LogP contribution in [0.3, 0.4) is 0 Å². The maximum Gasteiger partial charge on any atom is 0.255 e. The van der Waals surface area contributed by atoms with Gasteiger partial charge in [0, 0.05) is 17.7 Å². The highest BCUT2D eigenvalue weighted by Gasteiger charge is 2.26. The van der Waals surface area contributed by atoms with Crippen LogP contribution in [0.5, 0.6) is 0 Å². The fourth-order valence-corrected chi connectivity index (χ4v) is 2.37. The minimum atomic E-state index is 0.430. The summed E-state index contributed by atoms with van der Waals surface area (Å²) in [5.74, 6) is 1.89. The predicted octanol–water partition coefficient (Wildman–Crippen LogP) is 2.15. The highest BCUT2D eigenvalue weighted by Crippen LogP contribution is 2.39. The number of nitrogens with zero attached hydrogens (tertiary/aromatic N) is 6. The number of aromatic nitrogens is 6. The van der Waals surface area contributed by atoms with Gasteiger partial charge in [-0.25, -0.2) is 4.68 Å². The minimum Gasteiger partial charge on any atom is -0.222 e. The van der Waals surface area contributed by atoms with Crippen LogP contribution < -0.4 is 0 Å². The smallest absolute Gasteiger partial charge is 0.222 e. The molecule has 1 aliphatic rings. The average Bonchev–Trinajstić information content (AvgIpc) is 2.96. The van der Waals surface area contributed by atoms with Crippen molar-refractivity contribution in [2.45, 2.75) is 25.7 Å². The maximum atomic E-state index is 6.15. The summed E-state index contributed by atoms with van der Waals surface area (Å²) < 4.78 is 3.46. The minimum absolute atomic E-state index is 0.430. The molecule has 3 heterocycles. The average molecular weight is 275 g/mol. The fraction of sp³-hybridized carbons (Fsp3) is 0.333. The molecule has 3 aromatic rings. The SMILES string of the molecule is Cc1c(Cl)nc2ncnn2c1-n1ccc(C2CC2)n1. The zero-order valence-electron chi connectivity index (χ0n) is 10.3. The zero-order valence-corrected chi connectivity index (χ0v) is 11.0. The fourth-order valence-electron chi connectivity index (χ4n) is 2.21. The van der Waals surface area contributed by atoms with Gasteiger partial charge in [-0.1, -0.05) is 11.6 Å². The lowest BCUT2D eigenvalue weighted by Crippen LogP contribution is -2.09. The standard InChI is InChI=1S/C12H11ClN6/c1-7-10(13)16-12-14-6-15-19(12)11(7)18-5-4-9(17-18)8-2-3-8/h4-6,8H,2-3H2,1H3. The van der Waals surface area contributed by atoms with Crippen molar-refractivity contribution in [1.82, 2.24) is 29.4 Å². The summed E-state index contributed by atoms with van der Waals surface area (Å²) in [5, 5.41) is 9.24. The Morgan fingerprint density at radius 1 is 1.37 bits per heavy atom. The lowest BCUT2D eigenvalue weighted by Gasteiger charge is -2.08. The first-order chi connectivity index (χ1) is 9.24. The van der Waals surface area contributed by atoms with Crippen LogP contribution >= 0.6 is 11.6 Å². The third-order valence-electron chi connectivity index (χ3n) is 3.40. The Kier molecular flexibility index (Phi) is 2.17. The monoisotopic (exact) mass is 274 g/mol. The van der Waals surface area contributed by atoms with Crippen molar-refractivity contribution in [3.63, 3.8) is 0 Å². The molecule has 0 aromatic carbocycles. The zero-order chi connectivity index (χ0) is 13.0. The predicted molar refractivity (Wildman–Crippen MR) is 69.6 cm³/mol. The van der Waals surface area contributed by atoms with E-state index < -0.39 is 0 Å². The first kappa shape index (κ1) is 10.9. The lowest BCUT2D eigenvalue weighted by molar-refractivity contribution is 0.755. The van der Waals surface area contributed by atoms with Crippen LogP contribution in [-0.4, -0.2) is 29.4 Å². The molecular formula is C12H11ClN6. The Morgan fingerprint density at radius 3 is 3.00 bits per heavy atom. The molecule has 0 unspecified atom stereocenters. The Balaban J connectivity index is 1.96. The quantitative estimate of drug-likeness (QED) is 0.672. The van der Waals surface area contributed by atoms with Crippen molar-refractivity contribution >= 4 is 17.4 Å². The summed E-state index contributed by atoms with van der Waals surface area (Å²) in [7, 11) is 0. The van der Waals surface area contributed by atoms with Crippen molar-refractivity contribution in [1.29, 1.82) is 0 Å². The second kappa shape index (κ2) is 3.77. The van der Waals surface area contributed by atoms with Gasteiger partial charge in [0.15, 0.2) is 5.82 Å². The van der Waals surface area contributed by atoms with E-state index in [1.807, 2.05) is 19.2 Å². The van der Waals surface area contributed by atoms with Crippen LogP contribution in [0.1, 0.15) is 30.0 Å². The van der Waals surface area contributed by atoms with Gasteiger partial charge in [0.05, 0.1) is 5.69 Å². The molecule has 0 aliphatic heterocycles. The van der Waals surface area contributed by atoms with E-state index in [9.17, 15) is 0 Å². The summed E-state index contributed by atoms with van der Waals surface area (Å²) >= 11 is 6.15. The normalized spacial score (nSPS) is 15.3. The van der Waals surface area contributed by atoms with Crippen molar-refractivity contribution in [3.05, 3.63) is 35.0 Å². The van der Waals surface area contributed by atoms with Gasteiger partial charge in [-0.05, 0) is 25.8 Å². The number of fused-ring (bicyclic) bond motifs is 1. The second-order valence-electron chi connectivity index (χ2n) is 4.78. The molecule has 0 amide bonds. The van der Waals surface area contributed by atoms with Crippen LogP contribution in [0.2, 0.25) is 5.15 Å². The third-order valence-corrected chi connectivity index (χ3v) is 3.76. The Hall–Kier alpha value is -1.95. The number of hydrogen-bond acceptors (Lipinski definition) is 4. The lowest BCUT2D eigenvalue weighted by atomic mass is 10.3. The van der Waals surface area contributed by atoms with E-state index in [-0.39, 0.29) is 0 Å². The van der Waals surface area contributed by atoms with Crippen molar-refractivity contribution in [2.24, 2.45) is 0 Å². The van der Waals surface area contributed by atoms with Crippen molar-refractivity contribution < 1.29 is 0 Å². The summed E-state index contributed by atoms with van der Waals surface area (Å²) in [6.07, 6.45) is 5.86. The molecule has 19 heavy (non-hydrogen) atoms. The highest BCUT2D eigenvalue weighted by molar-refractivity contribution is 6.30. The molecule has 1 saturated carbocycles. The molecule has 4 rings (SSSR count). The summed E-state index contributed by atoms with van der Waals surface area (Å²) in [6, 6.07) is 2.05. The van der Waals surface area contributed by atoms with E-state index in [2.05, 4.69) is 20.2 Å². The first-order valence-corrected chi connectivity index (χ1v) is 6.53.